The van der Waals surface area contributed by atoms with Gasteiger partial charge in [-0.05, 0) is 50.2 Å². The van der Waals surface area contributed by atoms with Gasteiger partial charge < -0.3 is 10.2 Å². The second-order valence-electron chi connectivity index (χ2n) is 7.95. The second-order valence-corrected chi connectivity index (χ2v) is 7.95. The van der Waals surface area contributed by atoms with Crippen LogP contribution in [0.25, 0.3) is 0 Å². The van der Waals surface area contributed by atoms with Crippen molar-refractivity contribution in [2.45, 2.75) is 43.9 Å². The van der Waals surface area contributed by atoms with Crippen LogP contribution in [0.4, 0.5) is 20.4 Å². The Hall–Kier alpha value is -2.44. The number of nitrogens with one attached hydrogen (secondary N) is 2. The number of fused-ring (bicyclic) bond motifs is 3. The first-order chi connectivity index (χ1) is 13.1. The number of aryl methyl sites for hydroxylation is 1. The van der Waals surface area contributed by atoms with Gasteiger partial charge in [0.25, 0.3) is 5.56 Å². The van der Waals surface area contributed by atoms with Gasteiger partial charge in [-0.3, -0.25) is 9.78 Å². The van der Waals surface area contributed by atoms with Crippen molar-refractivity contribution in [3.63, 3.8) is 0 Å². The zero-order valence-corrected chi connectivity index (χ0v) is 15.1. The second kappa shape index (κ2) is 6.04. The van der Waals surface area contributed by atoms with Crippen molar-refractivity contribution in [2.75, 3.05) is 29.9 Å². The molecule has 27 heavy (non-hydrogen) atoms. The molecule has 1 fully saturated rings. The number of H-pyrrole nitrogens is 1. The maximum absolute atomic E-state index is 14.1. The summed E-state index contributed by atoms with van der Waals surface area (Å²) in [7, 11) is 0. The van der Waals surface area contributed by atoms with Crippen LogP contribution in [-0.2, 0) is 18.3 Å². The van der Waals surface area contributed by atoms with Crippen LogP contribution in [0, 0.1) is 11.6 Å². The van der Waals surface area contributed by atoms with E-state index in [4.69, 9.17) is 4.98 Å². The third-order valence-corrected chi connectivity index (χ3v) is 6.43. The van der Waals surface area contributed by atoms with E-state index in [0.29, 0.717) is 31.3 Å². The first-order valence-corrected chi connectivity index (χ1v) is 9.66. The summed E-state index contributed by atoms with van der Waals surface area (Å²) in [6.45, 7) is 2.01. The molecule has 2 aromatic rings. The molecule has 1 spiro atoms. The highest BCUT2D eigenvalue weighted by Gasteiger charge is 2.43. The molecule has 0 saturated carbocycles. The number of hydrogen-bond acceptors (Lipinski definition) is 4. The van der Waals surface area contributed by atoms with Gasteiger partial charge in [0.2, 0.25) is 5.95 Å². The molecule has 1 aromatic heterocycles. The molecule has 142 valence electrons. The fourth-order valence-electron chi connectivity index (χ4n) is 4.86. The van der Waals surface area contributed by atoms with E-state index in [0.717, 1.165) is 61.4 Å². The van der Waals surface area contributed by atoms with Crippen molar-refractivity contribution in [1.29, 1.82) is 0 Å². The molecule has 0 bridgehead atoms. The van der Waals surface area contributed by atoms with Gasteiger partial charge in [0.15, 0.2) is 0 Å². The Balaban J connectivity index is 1.41. The SMILES string of the molecule is O=c1[nH]c(N2CCC3(CC2)CNc2c(F)cc(F)cc23)nc2c1CCCC2. The minimum Gasteiger partial charge on any atom is -0.382 e. The highest BCUT2D eigenvalue weighted by atomic mass is 19.1. The average Bonchev–Trinajstić information content (AvgIpc) is 3.01. The standard InChI is InChI=1S/C20H22F2N4O/c21-12-9-14-17(15(22)10-12)23-11-20(14)5-7-26(8-6-20)19-24-16-4-2-1-3-13(16)18(27)25-19/h9-10,23H,1-8,11H2,(H,24,25,27). The molecule has 1 aliphatic carbocycles. The molecule has 1 aromatic carbocycles. The lowest BCUT2D eigenvalue weighted by Gasteiger charge is -2.39. The Labute approximate surface area is 155 Å². The Kier molecular flexibility index (Phi) is 3.74. The summed E-state index contributed by atoms with van der Waals surface area (Å²) in [4.78, 5) is 22.2. The van der Waals surface area contributed by atoms with Crippen molar-refractivity contribution in [3.8, 4) is 0 Å². The highest BCUT2D eigenvalue weighted by molar-refractivity contribution is 5.62. The van der Waals surface area contributed by atoms with Gasteiger partial charge >= 0.3 is 0 Å². The largest absolute Gasteiger partial charge is 0.382 e. The maximum atomic E-state index is 14.1. The number of aromatic nitrogens is 2. The van der Waals surface area contributed by atoms with Crippen LogP contribution in [0.1, 0.15) is 42.5 Å². The lowest BCUT2D eigenvalue weighted by atomic mass is 9.74. The number of nitrogens with zero attached hydrogens (tertiary/aromatic N) is 2. The molecule has 3 heterocycles. The van der Waals surface area contributed by atoms with Crippen molar-refractivity contribution in [2.24, 2.45) is 0 Å². The number of rotatable bonds is 1. The molecular formula is C20H22F2N4O. The van der Waals surface area contributed by atoms with E-state index in [2.05, 4.69) is 15.2 Å². The summed E-state index contributed by atoms with van der Waals surface area (Å²) in [5.41, 5.74) is 2.66. The number of piperidine rings is 1. The Morgan fingerprint density at radius 2 is 1.89 bits per heavy atom. The summed E-state index contributed by atoms with van der Waals surface area (Å²) in [5.74, 6) is -0.422. The van der Waals surface area contributed by atoms with E-state index in [1.165, 1.54) is 6.07 Å². The fraction of sp³-hybridized carbons (Fsp3) is 0.500. The number of benzene rings is 1. The molecule has 0 unspecified atom stereocenters. The quantitative estimate of drug-likeness (QED) is 0.808. The smallest absolute Gasteiger partial charge is 0.255 e. The maximum Gasteiger partial charge on any atom is 0.255 e. The molecular weight excluding hydrogens is 350 g/mol. The third kappa shape index (κ3) is 2.63. The zero-order chi connectivity index (χ0) is 18.6. The molecule has 5 rings (SSSR count). The molecule has 5 nitrogen and oxygen atoms in total. The predicted molar refractivity (Wildman–Crippen MR) is 99.5 cm³/mol. The molecule has 0 radical (unpaired) electrons. The van der Waals surface area contributed by atoms with Crippen molar-refractivity contribution >= 4 is 11.6 Å². The van der Waals surface area contributed by atoms with Gasteiger partial charge in [-0.25, -0.2) is 13.8 Å². The van der Waals surface area contributed by atoms with Gasteiger partial charge in [0, 0.05) is 36.7 Å². The van der Waals surface area contributed by atoms with Crippen molar-refractivity contribution < 1.29 is 8.78 Å². The van der Waals surface area contributed by atoms with Gasteiger partial charge in [0.05, 0.1) is 11.4 Å². The molecule has 3 aliphatic rings. The zero-order valence-electron chi connectivity index (χ0n) is 15.1. The lowest BCUT2D eigenvalue weighted by Crippen LogP contribution is -2.45. The molecule has 2 aliphatic heterocycles. The highest BCUT2D eigenvalue weighted by Crippen LogP contribution is 2.45. The molecule has 7 heteroatoms. The van der Waals surface area contributed by atoms with E-state index in [9.17, 15) is 13.6 Å². The van der Waals surface area contributed by atoms with E-state index >= 15 is 0 Å². The van der Waals surface area contributed by atoms with E-state index in [1.54, 1.807) is 0 Å². The first-order valence-electron chi connectivity index (χ1n) is 9.66. The van der Waals surface area contributed by atoms with Crippen molar-refractivity contribution in [1.82, 2.24) is 9.97 Å². The molecule has 1 saturated heterocycles. The first kappa shape index (κ1) is 16.7. The lowest BCUT2D eigenvalue weighted by molar-refractivity contribution is 0.358. The van der Waals surface area contributed by atoms with Gasteiger partial charge in [0.1, 0.15) is 11.6 Å². The molecule has 0 amide bonds. The summed E-state index contributed by atoms with van der Waals surface area (Å²) in [5, 5.41) is 3.13. The van der Waals surface area contributed by atoms with Crippen LogP contribution in [-0.4, -0.2) is 29.6 Å². The number of hydrogen-bond donors (Lipinski definition) is 2. The number of aromatic amines is 1. The predicted octanol–water partition coefficient (Wildman–Crippen LogP) is 2.89. The minimum atomic E-state index is -0.530. The van der Waals surface area contributed by atoms with Crippen LogP contribution in [0.15, 0.2) is 16.9 Å². The van der Waals surface area contributed by atoms with E-state index < -0.39 is 11.6 Å². The van der Waals surface area contributed by atoms with Crippen molar-refractivity contribution in [3.05, 3.63) is 50.9 Å². The summed E-state index contributed by atoms with van der Waals surface area (Å²) >= 11 is 0. The summed E-state index contributed by atoms with van der Waals surface area (Å²) in [6, 6.07) is 2.40. The minimum absolute atomic E-state index is 0.0213. The van der Waals surface area contributed by atoms with Crippen LogP contribution < -0.4 is 15.8 Å². The van der Waals surface area contributed by atoms with Crippen LogP contribution in [0.5, 0.6) is 0 Å². The Morgan fingerprint density at radius 3 is 2.70 bits per heavy atom. The van der Waals surface area contributed by atoms with Gasteiger partial charge in [-0.2, -0.15) is 0 Å². The number of anilines is 2. The molecule has 2 N–H and O–H groups in total. The summed E-state index contributed by atoms with van der Waals surface area (Å²) < 4.78 is 27.9. The topological polar surface area (TPSA) is 61.0 Å². The van der Waals surface area contributed by atoms with Crippen LogP contribution in [0.2, 0.25) is 0 Å². The van der Waals surface area contributed by atoms with E-state index in [-0.39, 0.29) is 11.0 Å². The summed E-state index contributed by atoms with van der Waals surface area (Å²) in [6.07, 6.45) is 5.31. The van der Waals surface area contributed by atoms with Crippen LogP contribution in [0.3, 0.4) is 0 Å². The van der Waals surface area contributed by atoms with Gasteiger partial charge in [-0.1, -0.05) is 0 Å². The van der Waals surface area contributed by atoms with E-state index in [1.807, 2.05) is 0 Å². The average molecular weight is 372 g/mol. The van der Waals surface area contributed by atoms with Crippen LogP contribution >= 0.6 is 0 Å². The number of halogens is 2. The molecule has 0 atom stereocenters. The Morgan fingerprint density at radius 1 is 1.11 bits per heavy atom. The normalized spacial score (nSPS) is 20.3. The monoisotopic (exact) mass is 372 g/mol. The fourth-order valence-corrected chi connectivity index (χ4v) is 4.86. The Bertz CT molecular complexity index is 963. The third-order valence-electron chi connectivity index (χ3n) is 6.43. The van der Waals surface area contributed by atoms with Gasteiger partial charge in [-0.15, -0.1) is 0 Å².